The monoisotopic (exact) mass is 238 g/mol. The fourth-order valence-electron chi connectivity index (χ4n) is 0.470. The topological polar surface area (TPSA) is 124 Å². The van der Waals surface area contributed by atoms with E-state index in [9.17, 15) is 9.59 Å². The van der Waals surface area contributed by atoms with Gasteiger partial charge in [-0.15, -0.1) is 0 Å². The zero-order chi connectivity index (χ0) is 13.1. The quantitative estimate of drug-likeness (QED) is 0.402. The second-order valence-corrected chi connectivity index (χ2v) is 2.75. The summed E-state index contributed by atoms with van der Waals surface area (Å²) in [5.74, 6) is -1.32. The van der Waals surface area contributed by atoms with Crippen LogP contribution in [0, 0.1) is 0 Å². The van der Waals surface area contributed by atoms with E-state index < -0.39 is 37.2 Å². The summed E-state index contributed by atoms with van der Waals surface area (Å²) in [4.78, 5) is 20.4. The molecule has 0 saturated heterocycles. The summed E-state index contributed by atoms with van der Waals surface area (Å²) in [5.41, 5.74) is 0. The van der Waals surface area contributed by atoms with Gasteiger partial charge in [0, 0.05) is 0 Å². The van der Waals surface area contributed by atoms with Gasteiger partial charge in [-0.25, -0.2) is 4.79 Å². The van der Waals surface area contributed by atoms with Crippen LogP contribution in [0.3, 0.4) is 0 Å². The summed E-state index contributed by atoms with van der Waals surface area (Å²) >= 11 is 0. The molecule has 0 bridgehead atoms. The zero-order valence-corrected chi connectivity index (χ0v) is 9.29. The number of Topliss-reactive ketones (excluding diaryl/α,β-unsaturated/α-hetero) is 1. The first-order chi connectivity index (χ1) is 7.40. The molecule has 0 amide bonds. The molecule has 0 aromatic heterocycles. The molecule has 0 aromatic carbocycles. The van der Waals surface area contributed by atoms with Crippen molar-refractivity contribution in [2.75, 3.05) is 19.8 Å². The first-order valence-corrected chi connectivity index (χ1v) is 4.67. The number of ether oxygens (including phenoxy) is 1. The van der Waals surface area contributed by atoms with Gasteiger partial charge in [0.1, 0.15) is 18.8 Å². The Labute approximate surface area is 93.3 Å². The van der Waals surface area contributed by atoms with Crippen LogP contribution in [0.1, 0.15) is 13.8 Å². The Morgan fingerprint density at radius 1 is 1.25 bits per heavy atom. The lowest BCUT2D eigenvalue weighted by molar-refractivity contribution is -0.151. The predicted molar refractivity (Wildman–Crippen MR) is 53.5 cm³/mol. The highest BCUT2D eigenvalue weighted by Gasteiger charge is 2.10. The number of carbonyl (C=O) groups is 2. The number of rotatable bonds is 5. The first-order valence-electron chi connectivity index (χ1n) is 4.67. The maximum absolute atomic E-state index is 10.3. The number of hydrogen-bond acceptors (Lipinski definition) is 7. The smallest absolute Gasteiger partial charge is 0.334 e. The molecule has 2 atom stereocenters. The van der Waals surface area contributed by atoms with Crippen molar-refractivity contribution in [1.82, 2.24) is 0 Å². The van der Waals surface area contributed by atoms with Crippen LogP contribution < -0.4 is 0 Å². The van der Waals surface area contributed by atoms with Gasteiger partial charge in [0.05, 0.1) is 13.2 Å². The van der Waals surface area contributed by atoms with Crippen molar-refractivity contribution in [1.29, 1.82) is 0 Å². The zero-order valence-electron chi connectivity index (χ0n) is 9.29. The van der Waals surface area contributed by atoms with Crippen LogP contribution >= 0.6 is 0 Å². The summed E-state index contributed by atoms with van der Waals surface area (Å²) in [6, 6.07) is 0. The summed E-state index contributed by atoms with van der Waals surface area (Å²) in [5, 5.41) is 32.9. The third kappa shape index (κ3) is 9.53. The van der Waals surface area contributed by atoms with E-state index in [0.29, 0.717) is 6.61 Å². The number of hydrogen-bond donors (Lipinski definition) is 4. The Hall–Kier alpha value is -1.02. The molecule has 7 nitrogen and oxygen atoms in total. The second kappa shape index (κ2) is 10.5. The lowest BCUT2D eigenvalue weighted by Crippen LogP contribution is -2.26. The van der Waals surface area contributed by atoms with Crippen molar-refractivity contribution in [2.24, 2.45) is 0 Å². The van der Waals surface area contributed by atoms with Gasteiger partial charge in [-0.2, -0.15) is 0 Å². The summed E-state index contributed by atoms with van der Waals surface area (Å²) < 4.78 is 4.41. The Kier molecular flexibility index (Phi) is 11.4. The third-order valence-corrected chi connectivity index (χ3v) is 1.33. The standard InChI is InChI=1S/C5H10O3.C4H8O4/c1-3-8-5(7)4(2)6;5-1-3(7)4(8)2-6/h4,6H,3H2,1-2H3;3,5-7H,1-2H2/t;3-/m.1/s1. The summed E-state index contributed by atoms with van der Waals surface area (Å²) in [7, 11) is 0. The highest BCUT2D eigenvalue weighted by molar-refractivity contribution is 5.83. The van der Waals surface area contributed by atoms with Gasteiger partial charge in [0.25, 0.3) is 0 Å². The maximum atomic E-state index is 10.3. The molecule has 0 radical (unpaired) electrons. The van der Waals surface area contributed by atoms with Crippen LogP contribution in [0.4, 0.5) is 0 Å². The molecule has 0 aliphatic carbocycles. The van der Waals surface area contributed by atoms with Crippen LogP contribution in [0.2, 0.25) is 0 Å². The highest BCUT2D eigenvalue weighted by atomic mass is 16.5. The number of carbonyl (C=O) groups excluding carboxylic acids is 2. The minimum absolute atomic E-state index is 0.323. The van der Waals surface area contributed by atoms with Crippen LogP contribution in [0.15, 0.2) is 0 Å². The molecule has 0 spiro atoms. The number of ketones is 1. The molecule has 0 aliphatic heterocycles. The molecule has 0 aromatic rings. The lowest BCUT2D eigenvalue weighted by atomic mass is 10.3. The molecule has 0 heterocycles. The van der Waals surface area contributed by atoms with Crippen LogP contribution in [0.25, 0.3) is 0 Å². The minimum Gasteiger partial charge on any atom is -0.464 e. The van der Waals surface area contributed by atoms with E-state index in [4.69, 9.17) is 20.4 Å². The molecule has 0 fully saturated rings. The van der Waals surface area contributed by atoms with E-state index in [0.717, 1.165) is 0 Å². The van der Waals surface area contributed by atoms with Crippen LogP contribution in [-0.4, -0.2) is 64.2 Å². The Morgan fingerprint density at radius 3 is 1.88 bits per heavy atom. The number of aliphatic hydroxyl groups excluding tert-OH is 4. The van der Waals surface area contributed by atoms with Crippen molar-refractivity contribution >= 4 is 11.8 Å². The minimum atomic E-state index is -1.42. The lowest BCUT2D eigenvalue weighted by Gasteiger charge is -2.01. The SMILES string of the molecule is CCOC(=O)C(C)O.O=C(CO)[C@H](O)CO. The van der Waals surface area contributed by atoms with E-state index in [1.165, 1.54) is 6.92 Å². The van der Waals surface area contributed by atoms with Gasteiger partial charge in [0.15, 0.2) is 5.78 Å². The second-order valence-electron chi connectivity index (χ2n) is 2.75. The Morgan fingerprint density at radius 2 is 1.75 bits per heavy atom. The molecule has 1 unspecified atom stereocenters. The molecule has 0 aliphatic rings. The summed E-state index contributed by atoms with van der Waals surface area (Å²) in [6.07, 6.45) is -2.41. The van der Waals surface area contributed by atoms with E-state index in [1.807, 2.05) is 0 Å². The number of aliphatic hydroxyl groups is 4. The van der Waals surface area contributed by atoms with E-state index in [1.54, 1.807) is 6.92 Å². The van der Waals surface area contributed by atoms with Gasteiger partial charge in [0.2, 0.25) is 0 Å². The molecule has 7 heteroatoms. The van der Waals surface area contributed by atoms with Crippen molar-refractivity contribution in [3.8, 4) is 0 Å². The van der Waals surface area contributed by atoms with Crippen LogP contribution in [0.5, 0.6) is 0 Å². The van der Waals surface area contributed by atoms with Crippen LogP contribution in [-0.2, 0) is 14.3 Å². The maximum Gasteiger partial charge on any atom is 0.334 e. The van der Waals surface area contributed by atoms with Crippen molar-refractivity contribution in [2.45, 2.75) is 26.1 Å². The van der Waals surface area contributed by atoms with Gasteiger partial charge in [-0.05, 0) is 13.8 Å². The van der Waals surface area contributed by atoms with E-state index in [2.05, 4.69) is 4.74 Å². The molecule has 4 N–H and O–H groups in total. The van der Waals surface area contributed by atoms with Gasteiger partial charge in [-0.1, -0.05) is 0 Å². The van der Waals surface area contributed by atoms with Crippen molar-refractivity contribution < 1.29 is 34.8 Å². The van der Waals surface area contributed by atoms with E-state index in [-0.39, 0.29) is 0 Å². The third-order valence-electron chi connectivity index (χ3n) is 1.33. The molecule has 16 heavy (non-hydrogen) atoms. The highest BCUT2D eigenvalue weighted by Crippen LogP contribution is 1.84. The molecule has 0 rings (SSSR count). The number of esters is 1. The molecule has 96 valence electrons. The Balaban J connectivity index is 0. The van der Waals surface area contributed by atoms with Gasteiger partial charge >= 0.3 is 5.97 Å². The van der Waals surface area contributed by atoms with E-state index >= 15 is 0 Å². The average molecular weight is 238 g/mol. The normalized spacial score (nSPS) is 13.1. The van der Waals surface area contributed by atoms with Crippen molar-refractivity contribution in [3.63, 3.8) is 0 Å². The molecular formula is C9H18O7. The average Bonchev–Trinajstić information content (AvgIpc) is 2.28. The first kappa shape index (κ1) is 17.4. The Bertz CT molecular complexity index is 200. The molecule has 0 saturated carbocycles. The van der Waals surface area contributed by atoms with Gasteiger partial charge < -0.3 is 25.2 Å². The largest absolute Gasteiger partial charge is 0.464 e. The summed E-state index contributed by atoms with van der Waals surface area (Å²) in [6.45, 7) is 2.04. The molecular weight excluding hydrogens is 220 g/mol. The fourth-order valence-corrected chi connectivity index (χ4v) is 0.470. The van der Waals surface area contributed by atoms with Crippen molar-refractivity contribution in [3.05, 3.63) is 0 Å². The fraction of sp³-hybridized carbons (Fsp3) is 0.778. The predicted octanol–water partition coefficient (Wildman–Crippen LogP) is -2.17. The van der Waals surface area contributed by atoms with Gasteiger partial charge in [-0.3, -0.25) is 4.79 Å².